The van der Waals surface area contributed by atoms with Gasteiger partial charge in [0.1, 0.15) is 5.82 Å². The molecule has 1 fully saturated rings. The molecular formula is C19H25N5O. The number of carbonyl (C=O) groups excluding carboxylic acids is 1. The van der Waals surface area contributed by atoms with Gasteiger partial charge in [-0.25, -0.2) is 4.98 Å². The van der Waals surface area contributed by atoms with Gasteiger partial charge in [0.05, 0.1) is 11.6 Å². The summed E-state index contributed by atoms with van der Waals surface area (Å²) >= 11 is 0. The number of hydrogen-bond donors (Lipinski definition) is 1. The molecule has 0 aromatic carbocycles. The van der Waals surface area contributed by atoms with E-state index >= 15 is 0 Å². The summed E-state index contributed by atoms with van der Waals surface area (Å²) in [5.74, 6) is 0.974. The topological polar surface area (TPSA) is 71.0 Å². The van der Waals surface area contributed by atoms with Crippen LogP contribution < -0.4 is 10.2 Å². The Hall–Kier alpha value is -2.50. The molecule has 1 N–H and O–H groups in total. The SMILES string of the molecule is CNC(=O)[C@]1(CCCc2ccccn2)CCCN(c2cnccn2)C1. The lowest BCUT2D eigenvalue weighted by Crippen LogP contribution is -2.51. The highest BCUT2D eigenvalue weighted by molar-refractivity contribution is 5.83. The van der Waals surface area contributed by atoms with Crippen molar-refractivity contribution in [3.8, 4) is 0 Å². The van der Waals surface area contributed by atoms with E-state index in [0.717, 1.165) is 50.2 Å². The molecular weight excluding hydrogens is 314 g/mol. The molecule has 3 rings (SSSR count). The minimum absolute atomic E-state index is 0.127. The lowest BCUT2D eigenvalue weighted by molar-refractivity contribution is -0.131. The third-order valence-corrected chi connectivity index (χ3v) is 4.97. The van der Waals surface area contributed by atoms with Gasteiger partial charge in [0.2, 0.25) is 5.91 Å². The molecule has 0 bridgehead atoms. The van der Waals surface area contributed by atoms with Crippen molar-refractivity contribution >= 4 is 11.7 Å². The molecule has 0 spiro atoms. The highest BCUT2D eigenvalue weighted by Crippen LogP contribution is 2.36. The number of carbonyl (C=O) groups is 1. The van der Waals surface area contributed by atoms with Crippen LogP contribution in [0.1, 0.15) is 31.4 Å². The van der Waals surface area contributed by atoms with Crippen LogP contribution in [0.3, 0.4) is 0 Å². The molecule has 0 unspecified atom stereocenters. The molecule has 0 radical (unpaired) electrons. The first-order valence-corrected chi connectivity index (χ1v) is 8.87. The summed E-state index contributed by atoms with van der Waals surface area (Å²) in [6, 6.07) is 5.97. The van der Waals surface area contributed by atoms with Crippen molar-refractivity contribution in [1.29, 1.82) is 0 Å². The molecule has 1 saturated heterocycles. The molecule has 0 saturated carbocycles. The predicted molar refractivity (Wildman–Crippen MR) is 97.2 cm³/mol. The van der Waals surface area contributed by atoms with Gasteiger partial charge in [-0.3, -0.25) is 14.8 Å². The number of nitrogens with zero attached hydrogens (tertiary/aromatic N) is 4. The molecule has 6 heteroatoms. The van der Waals surface area contributed by atoms with Crippen molar-refractivity contribution in [3.05, 3.63) is 48.7 Å². The average molecular weight is 339 g/mol. The van der Waals surface area contributed by atoms with Crippen molar-refractivity contribution in [1.82, 2.24) is 20.3 Å². The van der Waals surface area contributed by atoms with Crippen molar-refractivity contribution in [2.45, 2.75) is 32.1 Å². The second kappa shape index (κ2) is 8.05. The van der Waals surface area contributed by atoms with Gasteiger partial charge in [0.15, 0.2) is 0 Å². The Morgan fingerprint density at radius 2 is 2.20 bits per heavy atom. The molecule has 1 amide bonds. The van der Waals surface area contributed by atoms with Gasteiger partial charge in [-0.15, -0.1) is 0 Å². The Bertz CT molecular complexity index is 679. The van der Waals surface area contributed by atoms with Crippen LogP contribution in [0.25, 0.3) is 0 Å². The van der Waals surface area contributed by atoms with Crippen molar-refractivity contribution in [2.75, 3.05) is 25.0 Å². The largest absolute Gasteiger partial charge is 0.359 e. The Balaban J connectivity index is 1.70. The Morgan fingerprint density at radius 3 is 2.92 bits per heavy atom. The predicted octanol–water partition coefficient (Wildman–Crippen LogP) is 2.23. The highest BCUT2D eigenvalue weighted by Gasteiger charge is 2.41. The first-order chi connectivity index (χ1) is 12.2. The number of rotatable bonds is 6. The summed E-state index contributed by atoms with van der Waals surface area (Å²) in [5.41, 5.74) is 0.704. The molecule has 3 heterocycles. The normalized spacial score (nSPS) is 20.3. The van der Waals surface area contributed by atoms with Gasteiger partial charge in [0.25, 0.3) is 0 Å². The van der Waals surface area contributed by atoms with E-state index in [-0.39, 0.29) is 11.3 Å². The fourth-order valence-electron chi connectivity index (χ4n) is 3.70. The second-order valence-electron chi connectivity index (χ2n) is 6.62. The molecule has 132 valence electrons. The molecule has 6 nitrogen and oxygen atoms in total. The maximum absolute atomic E-state index is 12.7. The molecule has 1 aliphatic heterocycles. The van der Waals surface area contributed by atoms with E-state index in [1.54, 1.807) is 25.6 Å². The molecule has 1 atom stereocenters. The van der Waals surface area contributed by atoms with Crippen molar-refractivity contribution in [3.63, 3.8) is 0 Å². The zero-order valence-corrected chi connectivity index (χ0v) is 14.7. The number of pyridine rings is 1. The van der Waals surface area contributed by atoms with Gasteiger partial charge in [-0.2, -0.15) is 0 Å². The molecule has 2 aromatic rings. The lowest BCUT2D eigenvalue weighted by atomic mass is 9.75. The van der Waals surface area contributed by atoms with Crippen LogP contribution in [0.2, 0.25) is 0 Å². The standard InChI is InChI=1S/C19H25N5O/c1-20-18(25)19(8-4-7-16-6-2-3-10-22-16)9-5-13-24(15-19)17-14-21-11-12-23-17/h2-3,6,10-12,14H,4-5,7-9,13,15H2,1H3,(H,20,25)/t19-/m1/s1. The number of hydrogen-bond acceptors (Lipinski definition) is 5. The molecule has 0 aliphatic carbocycles. The smallest absolute Gasteiger partial charge is 0.227 e. The zero-order chi connectivity index (χ0) is 17.5. The maximum Gasteiger partial charge on any atom is 0.227 e. The van der Waals surface area contributed by atoms with Gasteiger partial charge < -0.3 is 10.2 Å². The molecule has 25 heavy (non-hydrogen) atoms. The number of aryl methyl sites for hydroxylation is 1. The first kappa shape index (κ1) is 17.3. The fourth-order valence-corrected chi connectivity index (χ4v) is 3.70. The van der Waals surface area contributed by atoms with Crippen LogP contribution in [0.4, 0.5) is 5.82 Å². The number of amides is 1. The van der Waals surface area contributed by atoms with Crippen LogP contribution in [0.5, 0.6) is 0 Å². The summed E-state index contributed by atoms with van der Waals surface area (Å²) in [4.78, 5) is 27.9. The van der Waals surface area contributed by atoms with E-state index in [4.69, 9.17) is 0 Å². The molecule has 1 aliphatic rings. The maximum atomic E-state index is 12.7. The van der Waals surface area contributed by atoms with Crippen LogP contribution in [0.15, 0.2) is 43.0 Å². The summed E-state index contributed by atoms with van der Waals surface area (Å²) in [6.45, 7) is 1.60. The van der Waals surface area contributed by atoms with E-state index in [0.29, 0.717) is 6.54 Å². The highest BCUT2D eigenvalue weighted by atomic mass is 16.2. The van der Waals surface area contributed by atoms with E-state index in [1.807, 2.05) is 24.4 Å². The minimum Gasteiger partial charge on any atom is -0.359 e. The third kappa shape index (κ3) is 4.13. The monoisotopic (exact) mass is 339 g/mol. The summed E-state index contributed by atoms with van der Waals surface area (Å²) < 4.78 is 0. The zero-order valence-electron chi connectivity index (χ0n) is 14.7. The van der Waals surface area contributed by atoms with Gasteiger partial charge >= 0.3 is 0 Å². The van der Waals surface area contributed by atoms with Gasteiger partial charge in [0, 0.05) is 44.4 Å². The van der Waals surface area contributed by atoms with Crippen molar-refractivity contribution in [2.24, 2.45) is 5.41 Å². The van der Waals surface area contributed by atoms with E-state index < -0.39 is 0 Å². The van der Waals surface area contributed by atoms with Gasteiger partial charge in [-0.1, -0.05) is 6.07 Å². The van der Waals surface area contributed by atoms with E-state index in [1.165, 1.54) is 0 Å². The lowest BCUT2D eigenvalue weighted by Gasteiger charge is -2.42. The fraction of sp³-hybridized carbons (Fsp3) is 0.474. The summed E-state index contributed by atoms with van der Waals surface area (Å²) in [7, 11) is 1.73. The number of aromatic nitrogens is 3. The Kier molecular flexibility index (Phi) is 5.58. The number of piperidine rings is 1. The second-order valence-corrected chi connectivity index (χ2v) is 6.62. The summed E-state index contributed by atoms with van der Waals surface area (Å²) in [6.07, 6.45) is 11.5. The quantitative estimate of drug-likeness (QED) is 0.874. The minimum atomic E-state index is -0.376. The van der Waals surface area contributed by atoms with Crippen LogP contribution in [-0.2, 0) is 11.2 Å². The van der Waals surface area contributed by atoms with Crippen LogP contribution in [-0.4, -0.2) is 41.0 Å². The van der Waals surface area contributed by atoms with E-state index in [9.17, 15) is 4.79 Å². The van der Waals surface area contributed by atoms with Gasteiger partial charge in [-0.05, 0) is 44.2 Å². The van der Waals surface area contributed by atoms with Crippen LogP contribution in [0, 0.1) is 5.41 Å². The van der Waals surface area contributed by atoms with Crippen LogP contribution >= 0.6 is 0 Å². The molecule has 2 aromatic heterocycles. The van der Waals surface area contributed by atoms with E-state index in [2.05, 4.69) is 25.2 Å². The Labute approximate surface area is 148 Å². The first-order valence-electron chi connectivity index (χ1n) is 8.87. The number of nitrogens with one attached hydrogen (secondary N) is 1. The third-order valence-electron chi connectivity index (χ3n) is 4.97. The summed E-state index contributed by atoms with van der Waals surface area (Å²) in [5, 5.41) is 2.88. The van der Waals surface area contributed by atoms with Crippen molar-refractivity contribution < 1.29 is 4.79 Å². The average Bonchev–Trinajstić information content (AvgIpc) is 2.69. The Morgan fingerprint density at radius 1 is 1.28 bits per heavy atom. The number of anilines is 1.